The number of nitrogens with zero attached hydrogens (tertiary/aromatic N) is 6. The Morgan fingerprint density at radius 1 is 1.16 bits per heavy atom. The molecule has 0 unspecified atom stereocenters. The molecular formula is C23H31N7O2. The Morgan fingerprint density at radius 2 is 2.00 bits per heavy atom. The lowest BCUT2D eigenvalue weighted by atomic mass is 9.95. The predicted octanol–water partition coefficient (Wildman–Crippen LogP) is 2.73. The lowest BCUT2D eigenvalue weighted by Gasteiger charge is -2.32. The van der Waals surface area contributed by atoms with Gasteiger partial charge in [-0.3, -0.25) is 4.79 Å². The van der Waals surface area contributed by atoms with Crippen LogP contribution in [0.2, 0.25) is 0 Å². The van der Waals surface area contributed by atoms with Crippen molar-refractivity contribution in [2.24, 2.45) is 5.92 Å². The lowest BCUT2D eigenvalue weighted by Crippen LogP contribution is -2.41. The van der Waals surface area contributed by atoms with E-state index < -0.39 is 0 Å². The molecule has 9 heteroatoms. The summed E-state index contributed by atoms with van der Waals surface area (Å²) in [7, 11) is 0. The normalized spacial score (nSPS) is 17.4. The van der Waals surface area contributed by atoms with E-state index in [0.717, 1.165) is 85.1 Å². The molecule has 2 aliphatic rings. The van der Waals surface area contributed by atoms with Crippen molar-refractivity contribution in [1.82, 2.24) is 30.0 Å². The predicted molar refractivity (Wildman–Crippen MR) is 121 cm³/mol. The summed E-state index contributed by atoms with van der Waals surface area (Å²) in [5.41, 5.74) is 3.85. The number of imidazole rings is 1. The van der Waals surface area contributed by atoms with Crippen LogP contribution in [0.25, 0.3) is 11.2 Å². The van der Waals surface area contributed by atoms with Gasteiger partial charge in [-0.15, -0.1) is 0 Å². The van der Waals surface area contributed by atoms with E-state index in [0.29, 0.717) is 6.54 Å². The minimum absolute atomic E-state index is 0.0342. The molecule has 1 N–H and O–H groups in total. The smallest absolute Gasteiger partial charge is 0.223 e. The number of carbonyl (C=O) groups is 1. The molecule has 0 radical (unpaired) electrons. The van der Waals surface area contributed by atoms with Crippen molar-refractivity contribution in [2.75, 3.05) is 24.5 Å². The van der Waals surface area contributed by atoms with E-state index in [1.807, 2.05) is 13.8 Å². The molecule has 0 aromatic carbocycles. The fourth-order valence-corrected chi connectivity index (χ4v) is 5.02. The van der Waals surface area contributed by atoms with E-state index in [1.165, 1.54) is 19.3 Å². The standard InChI is InChI=1S/C23H31N7O2/c1-15-18(16(2)32-28-15)7-10-24-23(31)17-8-12-29(13-9-17)21-20-22(26-14-25-21)30-11-5-3-4-6-19(30)27-20/h14,17H,3-13H2,1-2H3,(H,24,31). The van der Waals surface area contributed by atoms with Gasteiger partial charge in [0.15, 0.2) is 17.0 Å². The maximum atomic E-state index is 12.7. The van der Waals surface area contributed by atoms with E-state index in [-0.39, 0.29) is 11.8 Å². The number of aromatic nitrogens is 5. The first-order chi connectivity index (χ1) is 15.6. The van der Waals surface area contributed by atoms with Crippen LogP contribution >= 0.6 is 0 Å². The van der Waals surface area contributed by atoms with Crippen molar-refractivity contribution in [3.8, 4) is 0 Å². The molecular weight excluding hydrogens is 406 g/mol. The molecule has 0 atom stereocenters. The molecule has 5 rings (SSSR count). The van der Waals surface area contributed by atoms with Crippen molar-refractivity contribution in [3.63, 3.8) is 0 Å². The van der Waals surface area contributed by atoms with Crippen LogP contribution in [0.5, 0.6) is 0 Å². The molecule has 0 spiro atoms. The molecule has 170 valence electrons. The van der Waals surface area contributed by atoms with Crippen molar-refractivity contribution < 1.29 is 9.32 Å². The Bertz CT molecular complexity index is 1090. The Kier molecular flexibility index (Phi) is 5.80. The zero-order valence-corrected chi connectivity index (χ0v) is 18.9. The molecule has 2 aliphatic heterocycles. The topological polar surface area (TPSA) is 102 Å². The molecule has 0 bridgehead atoms. The molecule has 5 heterocycles. The highest BCUT2D eigenvalue weighted by Gasteiger charge is 2.28. The first-order valence-electron chi connectivity index (χ1n) is 11.8. The number of fused-ring (bicyclic) bond motifs is 3. The minimum Gasteiger partial charge on any atom is -0.361 e. The highest BCUT2D eigenvalue weighted by molar-refractivity contribution is 5.84. The third kappa shape index (κ3) is 3.96. The highest BCUT2D eigenvalue weighted by Crippen LogP contribution is 2.29. The third-order valence-electron chi connectivity index (χ3n) is 6.89. The maximum absolute atomic E-state index is 12.7. The molecule has 0 aliphatic carbocycles. The van der Waals surface area contributed by atoms with Crippen LogP contribution in [-0.4, -0.2) is 50.2 Å². The Labute approximate surface area is 187 Å². The maximum Gasteiger partial charge on any atom is 0.223 e. The van der Waals surface area contributed by atoms with Gasteiger partial charge >= 0.3 is 0 Å². The summed E-state index contributed by atoms with van der Waals surface area (Å²) in [5, 5.41) is 7.08. The zero-order valence-electron chi connectivity index (χ0n) is 18.9. The first kappa shape index (κ1) is 20.9. The first-order valence-corrected chi connectivity index (χ1v) is 11.8. The van der Waals surface area contributed by atoms with Crippen LogP contribution < -0.4 is 10.2 Å². The van der Waals surface area contributed by atoms with Gasteiger partial charge in [-0.2, -0.15) is 0 Å². The average Bonchev–Trinajstić information content (AvgIpc) is 3.22. The van der Waals surface area contributed by atoms with Crippen molar-refractivity contribution in [1.29, 1.82) is 0 Å². The molecule has 9 nitrogen and oxygen atoms in total. The van der Waals surface area contributed by atoms with Crippen LogP contribution in [0.4, 0.5) is 5.82 Å². The summed E-state index contributed by atoms with van der Waals surface area (Å²) in [6, 6.07) is 0. The number of rotatable bonds is 5. The van der Waals surface area contributed by atoms with Gasteiger partial charge in [0.2, 0.25) is 5.91 Å². The third-order valence-corrected chi connectivity index (χ3v) is 6.89. The van der Waals surface area contributed by atoms with Crippen LogP contribution in [-0.2, 0) is 24.2 Å². The fourth-order valence-electron chi connectivity index (χ4n) is 5.02. The number of piperidine rings is 1. The molecule has 32 heavy (non-hydrogen) atoms. The van der Waals surface area contributed by atoms with E-state index in [1.54, 1.807) is 6.33 Å². The van der Waals surface area contributed by atoms with Crippen LogP contribution in [0.3, 0.4) is 0 Å². The monoisotopic (exact) mass is 437 g/mol. The zero-order chi connectivity index (χ0) is 22.1. The minimum atomic E-state index is 0.0342. The molecule has 1 amide bonds. The summed E-state index contributed by atoms with van der Waals surface area (Å²) in [6.07, 6.45) is 8.65. The number of anilines is 1. The molecule has 0 saturated carbocycles. The van der Waals surface area contributed by atoms with Gasteiger partial charge in [0.25, 0.3) is 0 Å². The van der Waals surface area contributed by atoms with Gasteiger partial charge in [-0.1, -0.05) is 11.6 Å². The SMILES string of the molecule is Cc1noc(C)c1CCNC(=O)C1CCN(c2ncnc3c2nc2n3CCCCC2)CC1. The van der Waals surface area contributed by atoms with Crippen molar-refractivity contribution in [3.05, 3.63) is 29.2 Å². The number of hydrogen-bond donors (Lipinski definition) is 1. The number of nitrogens with one attached hydrogen (secondary N) is 1. The van der Waals surface area contributed by atoms with Gasteiger partial charge in [0.1, 0.15) is 17.9 Å². The van der Waals surface area contributed by atoms with E-state index in [4.69, 9.17) is 9.51 Å². The summed E-state index contributed by atoms with van der Waals surface area (Å²) >= 11 is 0. The van der Waals surface area contributed by atoms with E-state index >= 15 is 0 Å². The van der Waals surface area contributed by atoms with Crippen LogP contribution in [0.1, 0.15) is 54.9 Å². The number of aryl methyl sites for hydroxylation is 4. The molecule has 1 saturated heterocycles. The quantitative estimate of drug-likeness (QED) is 0.655. The lowest BCUT2D eigenvalue weighted by molar-refractivity contribution is -0.125. The average molecular weight is 438 g/mol. The van der Waals surface area contributed by atoms with E-state index in [9.17, 15) is 4.79 Å². The van der Waals surface area contributed by atoms with Crippen LogP contribution in [0, 0.1) is 19.8 Å². The van der Waals surface area contributed by atoms with Gasteiger partial charge in [0.05, 0.1) is 5.69 Å². The van der Waals surface area contributed by atoms with E-state index in [2.05, 4.69) is 29.9 Å². The second kappa shape index (κ2) is 8.88. The molecule has 1 fully saturated rings. The van der Waals surface area contributed by atoms with Crippen LogP contribution in [0.15, 0.2) is 10.9 Å². The highest BCUT2D eigenvalue weighted by atomic mass is 16.5. The van der Waals surface area contributed by atoms with Gasteiger partial charge < -0.3 is 19.3 Å². The Morgan fingerprint density at radius 3 is 2.78 bits per heavy atom. The van der Waals surface area contributed by atoms with Gasteiger partial charge in [-0.05, 0) is 46.0 Å². The largest absolute Gasteiger partial charge is 0.361 e. The number of carbonyl (C=O) groups excluding carboxylic acids is 1. The van der Waals surface area contributed by atoms with Gasteiger partial charge in [-0.25, -0.2) is 15.0 Å². The summed E-state index contributed by atoms with van der Waals surface area (Å²) < 4.78 is 7.47. The van der Waals surface area contributed by atoms with Crippen molar-refractivity contribution >= 4 is 22.9 Å². The molecule has 3 aromatic heterocycles. The second-order valence-electron chi connectivity index (χ2n) is 8.96. The van der Waals surface area contributed by atoms with Gasteiger partial charge in [0, 0.05) is 44.1 Å². The summed E-state index contributed by atoms with van der Waals surface area (Å²) in [4.78, 5) is 29.0. The summed E-state index contributed by atoms with van der Waals surface area (Å²) in [5.74, 6) is 3.04. The number of amides is 1. The fraction of sp³-hybridized carbons (Fsp3) is 0.609. The summed E-state index contributed by atoms with van der Waals surface area (Å²) in [6.45, 7) is 7.04. The number of hydrogen-bond acceptors (Lipinski definition) is 7. The Hall–Kier alpha value is -2.97. The van der Waals surface area contributed by atoms with Crippen molar-refractivity contribution in [2.45, 2.75) is 65.3 Å². The Balaban J connectivity index is 1.20. The molecule has 3 aromatic rings. The second-order valence-corrected chi connectivity index (χ2v) is 8.96.